The van der Waals surface area contributed by atoms with Crippen molar-refractivity contribution in [1.82, 2.24) is 15.1 Å². The van der Waals surface area contributed by atoms with E-state index in [1.165, 1.54) is 6.07 Å². The Bertz CT molecular complexity index is 981. The highest BCUT2D eigenvalue weighted by Gasteiger charge is 2.24. The molecular formula is C16H12ClN3O3S. The van der Waals surface area contributed by atoms with Crippen molar-refractivity contribution in [3.8, 4) is 11.3 Å². The molecule has 0 saturated carbocycles. The van der Waals surface area contributed by atoms with Crippen LogP contribution in [-0.4, -0.2) is 20.2 Å². The molecule has 3 rings (SSSR count). The lowest BCUT2D eigenvalue weighted by Crippen LogP contribution is -2.09. The maximum atomic E-state index is 12.7. The number of thioether (sulfide) groups is 1. The number of H-pyrrole nitrogens is 1. The summed E-state index contributed by atoms with van der Waals surface area (Å²) in [6, 6.07) is 8.41. The van der Waals surface area contributed by atoms with Gasteiger partial charge in [0.1, 0.15) is 11.5 Å². The van der Waals surface area contributed by atoms with E-state index in [1.54, 1.807) is 38.1 Å². The van der Waals surface area contributed by atoms with E-state index in [-0.39, 0.29) is 15.8 Å². The van der Waals surface area contributed by atoms with Crippen molar-refractivity contribution in [2.45, 2.75) is 19.0 Å². The van der Waals surface area contributed by atoms with Crippen LogP contribution >= 0.6 is 23.4 Å². The number of aromatic amines is 1. The second kappa shape index (κ2) is 6.62. The fourth-order valence-electron chi connectivity index (χ4n) is 2.19. The second-order valence-electron chi connectivity index (χ2n) is 5.02. The Kier molecular flexibility index (Phi) is 4.55. The van der Waals surface area contributed by atoms with Gasteiger partial charge in [0.2, 0.25) is 5.12 Å². The Balaban J connectivity index is 2.01. The third kappa shape index (κ3) is 3.27. The fraction of sp³-hybridized carbons (Fsp3) is 0.125. The molecule has 6 nitrogen and oxygen atoms in total. The first-order chi connectivity index (χ1) is 11.5. The molecule has 1 aromatic carbocycles. The summed E-state index contributed by atoms with van der Waals surface area (Å²) in [4.78, 5) is 30.9. The molecule has 0 aliphatic carbocycles. The largest absolute Gasteiger partial charge is 0.360 e. The number of aryl methyl sites for hydroxylation is 2. The van der Waals surface area contributed by atoms with E-state index in [2.05, 4.69) is 15.1 Å². The number of hydrogen-bond acceptors (Lipinski definition) is 6. The fourth-order valence-corrected chi connectivity index (χ4v) is 3.27. The Morgan fingerprint density at radius 1 is 1.29 bits per heavy atom. The van der Waals surface area contributed by atoms with Crippen molar-refractivity contribution >= 4 is 28.5 Å². The van der Waals surface area contributed by atoms with Crippen LogP contribution in [-0.2, 0) is 0 Å². The summed E-state index contributed by atoms with van der Waals surface area (Å²) in [6.45, 7) is 3.33. The second-order valence-corrected chi connectivity index (χ2v) is 6.39. The van der Waals surface area contributed by atoms with E-state index in [0.29, 0.717) is 33.3 Å². The van der Waals surface area contributed by atoms with Crippen LogP contribution < -0.4 is 5.56 Å². The molecule has 2 aromatic heterocycles. The Labute approximate surface area is 146 Å². The van der Waals surface area contributed by atoms with E-state index < -0.39 is 0 Å². The van der Waals surface area contributed by atoms with Crippen LogP contribution in [0.5, 0.6) is 0 Å². The Hall–Kier alpha value is -2.38. The van der Waals surface area contributed by atoms with Crippen LogP contribution in [0.2, 0.25) is 5.02 Å². The summed E-state index contributed by atoms with van der Waals surface area (Å²) < 4.78 is 5.18. The summed E-state index contributed by atoms with van der Waals surface area (Å²) in [5.41, 5.74) is 1.49. The van der Waals surface area contributed by atoms with Crippen molar-refractivity contribution in [1.29, 1.82) is 0 Å². The standard InChI is InChI=1S/C16H12ClN3O3S/c1-8-7-12(21)19-16(18-8)24-15(22)13-9(2)23-20-14(13)10-5-3-4-6-11(10)17/h3-7H,1-2H3,(H,18,19,21). The number of carbonyl (C=O) groups excluding carboxylic acids is 1. The van der Waals surface area contributed by atoms with Gasteiger partial charge >= 0.3 is 0 Å². The average molecular weight is 362 g/mol. The van der Waals surface area contributed by atoms with Crippen molar-refractivity contribution < 1.29 is 9.32 Å². The molecule has 8 heteroatoms. The number of hydrogen-bond donors (Lipinski definition) is 1. The van der Waals surface area contributed by atoms with Gasteiger partial charge < -0.3 is 9.51 Å². The van der Waals surface area contributed by atoms with Gasteiger partial charge in [-0.05, 0) is 31.7 Å². The molecule has 1 N–H and O–H groups in total. The molecule has 24 heavy (non-hydrogen) atoms. The van der Waals surface area contributed by atoms with Gasteiger partial charge in [0.05, 0.1) is 10.6 Å². The summed E-state index contributed by atoms with van der Waals surface area (Å²) in [6.07, 6.45) is 0. The minimum absolute atomic E-state index is 0.218. The monoisotopic (exact) mass is 361 g/mol. The van der Waals surface area contributed by atoms with Gasteiger partial charge in [0.25, 0.3) is 5.56 Å². The number of rotatable bonds is 3. The molecule has 0 atom stereocenters. The number of aromatic nitrogens is 3. The van der Waals surface area contributed by atoms with Crippen LogP contribution in [0.4, 0.5) is 0 Å². The molecule has 0 aliphatic rings. The number of nitrogens with zero attached hydrogens (tertiary/aromatic N) is 2. The van der Waals surface area contributed by atoms with Crippen LogP contribution in [0.25, 0.3) is 11.3 Å². The molecule has 0 aliphatic heterocycles. The molecule has 0 unspecified atom stereocenters. The van der Waals surface area contributed by atoms with E-state index in [0.717, 1.165) is 11.8 Å². The first kappa shape index (κ1) is 16.5. The molecule has 0 amide bonds. The molecule has 0 radical (unpaired) electrons. The highest BCUT2D eigenvalue weighted by atomic mass is 35.5. The maximum Gasteiger partial charge on any atom is 0.251 e. The van der Waals surface area contributed by atoms with Gasteiger partial charge in [0, 0.05) is 17.3 Å². The minimum Gasteiger partial charge on any atom is -0.360 e. The van der Waals surface area contributed by atoms with Crippen LogP contribution in [0, 0.1) is 13.8 Å². The lowest BCUT2D eigenvalue weighted by atomic mass is 10.1. The third-order valence-electron chi connectivity index (χ3n) is 3.23. The van der Waals surface area contributed by atoms with E-state index in [1.807, 2.05) is 0 Å². The Morgan fingerprint density at radius 2 is 2.04 bits per heavy atom. The van der Waals surface area contributed by atoms with Gasteiger partial charge in [-0.3, -0.25) is 9.59 Å². The summed E-state index contributed by atoms with van der Waals surface area (Å²) in [5.74, 6) is 0.373. The summed E-state index contributed by atoms with van der Waals surface area (Å²) in [5, 5.41) is 4.31. The van der Waals surface area contributed by atoms with Crippen molar-refractivity contribution in [2.75, 3.05) is 0 Å². The first-order valence-electron chi connectivity index (χ1n) is 6.97. The molecule has 0 bridgehead atoms. The topological polar surface area (TPSA) is 88.9 Å². The molecular weight excluding hydrogens is 350 g/mol. The molecule has 2 heterocycles. The zero-order valence-corrected chi connectivity index (χ0v) is 14.4. The van der Waals surface area contributed by atoms with Crippen LogP contribution in [0.1, 0.15) is 21.8 Å². The highest BCUT2D eigenvalue weighted by molar-refractivity contribution is 8.14. The zero-order valence-electron chi connectivity index (χ0n) is 12.8. The van der Waals surface area contributed by atoms with Gasteiger partial charge in [-0.1, -0.05) is 35.0 Å². The number of benzene rings is 1. The van der Waals surface area contributed by atoms with Crippen molar-refractivity contribution in [3.63, 3.8) is 0 Å². The minimum atomic E-state index is -0.336. The lowest BCUT2D eigenvalue weighted by Gasteiger charge is -2.04. The van der Waals surface area contributed by atoms with Gasteiger partial charge in [-0.25, -0.2) is 4.98 Å². The molecule has 0 saturated heterocycles. The molecule has 3 aromatic rings. The van der Waals surface area contributed by atoms with Crippen LogP contribution in [0.3, 0.4) is 0 Å². The normalized spacial score (nSPS) is 10.8. The third-order valence-corrected chi connectivity index (χ3v) is 4.34. The maximum absolute atomic E-state index is 12.7. The van der Waals surface area contributed by atoms with E-state index in [9.17, 15) is 9.59 Å². The number of carbonyl (C=O) groups is 1. The molecule has 0 fully saturated rings. The van der Waals surface area contributed by atoms with E-state index >= 15 is 0 Å². The molecule has 0 spiro atoms. The highest BCUT2D eigenvalue weighted by Crippen LogP contribution is 2.33. The summed E-state index contributed by atoms with van der Waals surface area (Å²) in [7, 11) is 0. The Morgan fingerprint density at radius 3 is 2.75 bits per heavy atom. The van der Waals surface area contributed by atoms with Gasteiger partial charge in [-0.2, -0.15) is 0 Å². The molecule has 122 valence electrons. The summed E-state index contributed by atoms with van der Waals surface area (Å²) >= 11 is 7.00. The SMILES string of the molecule is Cc1cc(=O)[nH]c(SC(=O)c2c(-c3ccccc3Cl)noc2C)n1. The van der Waals surface area contributed by atoms with Crippen molar-refractivity contribution in [2.24, 2.45) is 0 Å². The zero-order chi connectivity index (χ0) is 17.3. The quantitative estimate of drug-likeness (QED) is 0.566. The van der Waals surface area contributed by atoms with Crippen molar-refractivity contribution in [3.05, 3.63) is 62.7 Å². The smallest absolute Gasteiger partial charge is 0.251 e. The van der Waals surface area contributed by atoms with Gasteiger partial charge in [0.15, 0.2) is 5.16 Å². The lowest BCUT2D eigenvalue weighted by molar-refractivity contribution is 0.108. The van der Waals surface area contributed by atoms with E-state index in [4.69, 9.17) is 16.1 Å². The predicted octanol–water partition coefficient (Wildman–Crippen LogP) is 3.63. The number of halogens is 1. The van der Waals surface area contributed by atoms with Crippen LogP contribution in [0.15, 0.2) is 44.8 Å². The first-order valence-corrected chi connectivity index (χ1v) is 8.16. The average Bonchev–Trinajstić information content (AvgIpc) is 2.88. The predicted molar refractivity (Wildman–Crippen MR) is 91.5 cm³/mol. The number of nitrogens with one attached hydrogen (secondary N) is 1. The van der Waals surface area contributed by atoms with Gasteiger partial charge in [-0.15, -0.1) is 0 Å².